The average Bonchev–Trinajstić information content (AvgIpc) is 2.56. The van der Waals surface area contributed by atoms with E-state index in [1.807, 2.05) is 26.8 Å². The lowest BCUT2D eigenvalue weighted by Gasteiger charge is -2.24. The van der Waals surface area contributed by atoms with Crippen LogP contribution in [0.4, 0.5) is 0 Å². The van der Waals surface area contributed by atoms with Gasteiger partial charge in [0.15, 0.2) is 0 Å². The monoisotopic (exact) mass is 339 g/mol. The molecule has 0 aliphatic heterocycles. The van der Waals surface area contributed by atoms with Crippen LogP contribution >= 0.6 is 0 Å². The van der Waals surface area contributed by atoms with Crippen LogP contribution < -0.4 is 15.6 Å². The van der Waals surface area contributed by atoms with Gasteiger partial charge in [-0.1, -0.05) is 30.3 Å². The van der Waals surface area contributed by atoms with Gasteiger partial charge >= 0.3 is 5.97 Å². The number of hydrogen-bond acceptors (Lipinski definition) is 5. The number of nitrogens with zero attached hydrogens (tertiary/aromatic N) is 1. The fraction of sp³-hybridized carbons (Fsp3) is 0.300. The van der Waals surface area contributed by atoms with E-state index in [9.17, 15) is 9.90 Å². The largest absolute Gasteiger partial charge is 0.861 e. The lowest BCUT2D eigenvalue weighted by atomic mass is 10.1. The molecule has 5 heteroatoms. The van der Waals surface area contributed by atoms with Crippen molar-refractivity contribution in [3.63, 3.8) is 0 Å². The van der Waals surface area contributed by atoms with Crippen molar-refractivity contribution >= 4 is 11.9 Å². The van der Waals surface area contributed by atoms with Crippen LogP contribution in [0.25, 0.3) is 0 Å². The fourth-order valence-corrected chi connectivity index (χ4v) is 2.19. The second kappa shape index (κ2) is 7.94. The van der Waals surface area contributed by atoms with E-state index in [1.54, 1.807) is 48.5 Å². The van der Waals surface area contributed by atoms with Crippen molar-refractivity contribution in [2.75, 3.05) is 0 Å². The van der Waals surface area contributed by atoms with Crippen molar-refractivity contribution in [1.82, 2.24) is 0 Å². The van der Waals surface area contributed by atoms with Crippen molar-refractivity contribution in [3.05, 3.63) is 65.7 Å². The molecule has 5 nitrogen and oxygen atoms in total. The molecule has 0 fully saturated rings. The molecule has 0 saturated heterocycles. The van der Waals surface area contributed by atoms with Crippen LogP contribution in [-0.2, 0) is 6.42 Å². The molecular weight excluding hydrogens is 316 g/mol. The summed E-state index contributed by atoms with van der Waals surface area (Å²) in [5.41, 5.74) is 6.85. The van der Waals surface area contributed by atoms with Crippen LogP contribution in [0.15, 0.2) is 59.6 Å². The first-order valence-electron chi connectivity index (χ1n) is 8.13. The zero-order chi connectivity index (χ0) is 18.4. The predicted molar refractivity (Wildman–Crippen MR) is 96.7 cm³/mol. The van der Waals surface area contributed by atoms with Gasteiger partial charge in [0.1, 0.15) is 5.75 Å². The average molecular weight is 339 g/mol. The third-order valence-electron chi connectivity index (χ3n) is 3.36. The van der Waals surface area contributed by atoms with Gasteiger partial charge in [-0.05, 0) is 62.9 Å². The van der Waals surface area contributed by atoms with Crippen molar-refractivity contribution in [1.29, 1.82) is 0 Å². The van der Waals surface area contributed by atoms with Crippen molar-refractivity contribution in [3.8, 4) is 5.75 Å². The lowest BCUT2D eigenvalue weighted by Crippen LogP contribution is -2.42. The number of hydrogen-bond donors (Lipinski definition) is 1. The lowest BCUT2D eigenvalue weighted by molar-refractivity contribution is -0.221. The highest BCUT2D eigenvalue weighted by molar-refractivity contribution is 5.90. The van der Waals surface area contributed by atoms with Gasteiger partial charge in [0.25, 0.3) is 0 Å². The molecule has 2 aromatic rings. The maximum absolute atomic E-state index is 12.0. The van der Waals surface area contributed by atoms with Gasteiger partial charge in [0.05, 0.1) is 11.1 Å². The summed E-state index contributed by atoms with van der Waals surface area (Å²) >= 11 is 0. The molecule has 0 bridgehead atoms. The predicted octanol–water partition coefficient (Wildman–Crippen LogP) is 2.33. The number of esters is 1. The summed E-state index contributed by atoms with van der Waals surface area (Å²) in [5, 5.41) is 12.0. The van der Waals surface area contributed by atoms with E-state index in [-0.39, 0.29) is 5.90 Å². The summed E-state index contributed by atoms with van der Waals surface area (Å²) in [5.74, 6) is -0.284. The van der Waals surface area contributed by atoms with E-state index >= 15 is 0 Å². The normalized spacial score (nSPS) is 13.4. The summed E-state index contributed by atoms with van der Waals surface area (Å²) in [6, 6.07) is 15.1. The number of aliphatic imine (C=N–C) groups is 1. The summed E-state index contributed by atoms with van der Waals surface area (Å²) in [6.45, 7) is 5.56. The molecule has 2 aromatic carbocycles. The van der Waals surface area contributed by atoms with Gasteiger partial charge in [-0.3, -0.25) is 4.99 Å². The minimum absolute atomic E-state index is 0.313. The molecule has 1 atom stereocenters. The van der Waals surface area contributed by atoms with E-state index in [2.05, 4.69) is 4.99 Å². The standard InChI is InChI=1S/C20H24N2O3/c1-20(2,3)22-18(23)17(21)13-14-9-11-16(12-10-14)25-19(24)15-7-5-4-6-8-15/h4-12,17H,13,21H2,1-3H3,(H,22,23)/p-1/t17-/m0/s1. The molecule has 0 spiro atoms. The van der Waals surface area contributed by atoms with Crippen LogP contribution in [0.1, 0.15) is 36.7 Å². The molecule has 0 saturated carbocycles. The third kappa shape index (κ3) is 6.04. The Labute approximate surface area is 148 Å². The first-order chi connectivity index (χ1) is 11.7. The zero-order valence-corrected chi connectivity index (χ0v) is 14.7. The summed E-state index contributed by atoms with van der Waals surface area (Å²) in [6.07, 6.45) is 0.380. The van der Waals surface area contributed by atoms with Gasteiger partial charge < -0.3 is 15.6 Å². The van der Waals surface area contributed by atoms with E-state index in [4.69, 9.17) is 10.5 Å². The first-order valence-corrected chi connectivity index (χ1v) is 8.13. The fourth-order valence-electron chi connectivity index (χ4n) is 2.19. The summed E-state index contributed by atoms with van der Waals surface area (Å²) in [4.78, 5) is 16.1. The quantitative estimate of drug-likeness (QED) is 0.392. The Kier molecular flexibility index (Phi) is 5.93. The van der Waals surface area contributed by atoms with Crippen LogP contribution in [-0.4, -0.2) is 23.4 Å². The van der Waals surface area contributed by atoms with Gasteiger partial charge in [0, 0.05) is 6.04 Å². The molecule has 2 rings (SSSR count). The van der Waals surface area contributed by atoms with Crippen molar-refractivity contribution in [2.45, 2.75) is 38.8 Å². The molecule has 0 aromatic heterocycles. The molecule has 0 radical (unpaired) electrons. The number of carbonyl (C=O) groups excluding carboxylic acids is 1. The SMILES string of the molecule is CC(C)(C)N=C([O-])[C@@H](N)Cc1ccc(OC(=O)c2ccccc2)cc1. The number of ether oxygens (including phenoxy) is 1. The van der Waals surface area contributed by atoms with Gasteiger partial charge in [0.2, 0.25) is 0 Å². The molecule has 0 heterocycles. The third-order valence-corrected chi connectivity index (χ3v) is 3.36. The Morgan fingerprint density at radius 3 is 2.28 bits per heavy atom. The van der Waals surface area contributed by atoms with Crippen LogP contribution in [0, 0.1) is 0 Å². The number of carbonyl (C=O) groups is 1. The molecule has 132 valence electrons. The topological polar surface area (TPSA) is 87.7 Å². The van der Waals surface area contributed by atoms with Crippen LogP contribution in [0.5, 0.6) is 5.75 Å². The summed E-state index contributed by atoms with van der Waals surface area (Å²) < 4.78 is 5.32. The number of rotatable bonds is 5. The van der Waals surface area contributed by atoms with Crippen LogP contribution in [0.3, 0.4) is 0 Å². The molecule has 2 N–H and O–H groups in total. The Morgan fingerprint density at radius 1 is 1.12 bits per heavy atom. The Hall–Kier alpha value is -2.66. The molecule has 25 heavy (non-hydrogen) atoms. The van der Waals surface area contributed by atoms with E-state index in [1.165, 1.54) is 0 Å². The van der Waals surface area contributed by atoms with Crippen molar-refractivity contribution in [2.24, 2.45) is 10.7 Å². The van der Waals surface area contributed by atoms with Gasteiger partial charge in [-0.15, -0.1) is 0 Å². The maximum Gasteiger partial charge on any atom is 0.343 e. The molecule has 0 unspecified atom stereocenters. The Bertz CT molecular complexity index is 732. The minimum Gasteiger partial charge on any atom is -0.861 e. The number of benzene rings is 2. The van der Waals surface area contributed by atoms with Crippen LogP contribution in [0.2, 0.25) is 0 Å². The van der Waals surface area contributed by atoms with Gasteiger partial charge in [-0.2, -0.15) is 0 Å². The highest BCUT2D eigenvalue weighted by Crippen LogP contribution is 2.15. The Morgan fingerprint density at radius 2 is 1.72 bits per heavy atom. The maximum atomic E-state index is 12.0. The molecule has 0 aliphatic carbocycles. The second-order valence-electron chi connectivity index (χ2n) is 6.83. The highest BCUT2D eigenvalue weighted by atomic mass is 16.5. The van der Waals surface area contributed by atoms with E-state index < -0.39 is 17.6 Å². The smallest absolute Gasteiger partial charge is 0.343 e. The Balaban J connectivity index is 1.98. The van der Waals surface area contributed by atoms with E-state index in [0.717, 1.165) is 5.56 Å². The minimum atomic E-state index is -0.683. The summed E-state index contributed by atoms with van der Waals surface area (Å²) in [7, 11) is 0. The highest BCUT2D eigenvalue weighted by Gasteiger charge is 2.11. The zero-order valence-electron chi connectivity index (χ0n) is 14.7. The number of nitrogens with two attached hydrogens (primary N) is 1. The van der Waals surface area contributed by atoms with Crippen molar-refractivity contribution < 1.29 is 14.6 Å². The van der Waals surface area contributed by atoms with Gasteiger partial charge in [-0.25, -0.2) is 4.79 Å². The molecule has 0 amide bonds. The first kappa shape index (κ1) is 18.7. The molecular formula is C20H23N2O3-. The molecule has 0 aliphatic rings. The second-order valence-corrected chi connectivity index (χ2v) is 6.83. The van der Waals surface area contributed by atoms with E-state index in [0.29, 0.717) is 17.7 Å².